The van der Waals surface area contributed by atoms with Crippen molar-refractivity contribution in [2.75, 3.05) is 13.2 Å². The van der Waals surface area contributed by atoms with Gasteiger partial charge in [0.05, 0.1) is 6.61 Å². The number of hydrogen-bond acceptors (Lipinski definition) is 3. The average Bonchev–Trinajstić information content (AvgIpc) is 2.26. The third-order valence-electron chi connectivity index (χ3n) is 3.11. The topological polar surface area (TPSA) is 52.5 Å². The van der Waals surface area contributed by atoms with Gasteiger partial charge < -0.3 is 15.5 Å². The number of benzene rings is 1. The van der Waals surface area contributed by atoms with Crippen LogP contribution in [0.15, 0.2) is 12.1 Å². The van der Waals surface area contributed by atoms with Gasteiger partial charge in [0.2, 0.25) is 0 Å². The second kappa shape index (κ2) is 6.74. The molecule has 0 aliphatic carbocycles. The molecule has 0 aromatic heterocycles. The zero-order chi connectivity index (χ0) is 12.8. The maximum Gasteiger partial charge on any atom is 0.0585 e. The maximum atomic E-state index is 9.14. The van der Waals surface area contributed by atoms with E-state index in [9.17, 15) is 0 Å². The molecule has 0 bridgehead atoms. The maximum absolute atomic E-state index is 9.14. The van der Waals surface area contributed by atoms with Crippen LogP contribution in [0.2, 0.25) is 0 Å². The summed E-state index contributed by atoms with van der Waals surface area (Å²) in [5.74, 6) is 0. The van der Waals surface area contributed by atoms with Crippen molar-refractivity contribution in [3.05, 3.63) is 34.4 Å². The van der Waals surface area contributed by atoms with Gasteiger partial charge in [-0.15, -0.1) is 0 Å². The number of aliphatic hydroxyl groups is 2. The first-order valence-corrected chi connectivity index (χ1v) is 6.10. The summed E-state index contributed by atoms with van der Waals surface area (Å²) in [6, 6.07) is 4.31. The molecule has 3 heteroatoms. The summed E-state index contributed by atoms with van der Waals surface area (Å²) in [5, 5.41) is 21.3. The van der Waals surface area contributed by atoms with Gasteiger partial charge in [-0.25, -0.2) is 0 Å². The molecule has 3 N–H and O–H groups in total. The molecule has 0 saturated heterocycles. The van der Waals surface area contributed by atoms with Crippen molar-refractivity contribution in [2.24, 2.45) is 0 Å². The molecule has 0 aliphatic heterocycles. The predicted octanol–water partition coefficient (Wildman–Crippen LogP) is 1.44. The zero-order valence-corrected chi connectivity index (χ0v) is 11.0. The first-order valence-electron chi connectivity index (χ1n) is 6.10. The summed E-state index contributed by atoms with van der Waals surface area (Å²) in [5.41, 5.74) is 5.11. The molecule has 0 fully saturated rings. The lowest BCUT2D eigenvalue weighted by Crippen LogP contribution is -2.33. The van der Waals surface area contributed by atoms with Crippen LogP contribution >= 0.6 is 0 Å². The smallest absolute Gasteiger partial charge is 0.0585 e. The summed E-state index contributed by atoms with van der Waals surface area (Å²) in [6.45, 7) is 7.21. The predicted molar refractivity (Wildman–Crippen MR) is 70.1 cm³/mol. The second-order valence-electron chi connectivity index (χ2n) is 4.65. The van der Waals surface area contributed by atoms with E-state index in [-0.39, 0.29) is 19.3 Å². The van der Waals surface area contributed by atoms with Gasteiger partial charge in [-0.05, 0) is 43.9 Å². The minimum atomic E-state index is -0.0277. The number of nitrogens with one attached hydrogen (secondary N) is 1. The van der Waals surface area contributed by atoms with Crippen molar-refractivity contribution < 1.29 is 10.2 Å². The lowest BCUT2D eigenvalue weighted by molar-refractivity contribution is 0.199. The van der Waals surface area contributed by atoms with Crippen LogP contribution in [0.25, 0.3) is 0 Å². The van der Waals surface area contributed by atoms with Crippen LogP contribution in [0.3, 0.4) is 0 Å². The highest BCUT2D eigenvalue weighted by Gasteiger charge is 2.08. The van der Waals surface area contributed by atoms with Gasteiger partial charge in [0.25, 0.3) is 0 Å². The molecule has 0 saturated carbocycles. The Morgan fingerprint density at radius 1 is 1.12 bits per heavy atom. The largest absolute Gasteiger partial charge is 0.396 e. The molecule has 3 nitrogen and oxygen atoms in total. The molecule has 0 amide bonds. The molecule has 0 spiro atoms. The van der Waals surface area contributed by atoms with Gasteiger partial charge in [0.1, 0.15) is 0 Å². The van der Waals surface area contributed by atoms with E-state index in [4.69, 9.17) is 10.2 Å². The van der Waals surface area contributed by atoms with Crippen molar-refractivity contribution >= 4 is 0 Å². The highest BCUT2D eigenvalue weighted by Crippen LogP contribution is 2.16. The number of aliphatic hydroxyl groups excluding tert-OH is 2. The van der Waals surface area contributed by atoms with Gasteiger partial charge in [0, 0.05) is 19.2 Å². The average molecular weight is 237 g/mol. The fraction of sp³-hybridized carbons (Fsp3) is 0.571. The SMILES string of the molecule is Cc1cc(C)c(CNC(CO)CCO)c(C)c1. The zero-order valence-electron chi connectivity index (χ0n) is 11.0. The minimum absolute atomic E-state index is 0.0277. The van der Waals surface area contributed by atoms with E-state index in [2.05, 4.69) is 38.2 Å². The fourth-order valence-electron chi connectivity index (χ4n) is 2.15. The molecule has 1 atom stereocenters. The van der Waals surface area contributed by atoms with E-state index in [0.717, 1.165) is 6.54 Å². The molecular weight excluding hydrogens is 214 g/mol. The van der Waals surface area contributed by atoms with E-state index in [1.54, 1.807) is 0 Å². The molecule has 1 aromatic carbocycles. The van der Waals surface area contributed by atoms with E-state index in [1.165, 1.54) is 22.3 Å². The van der Waals surface area contributed by atoms with Crippen LogP contribution in [0, 0.1) is 20.8 Å². The standard InChI is InChI=1S/C14H23NO2/c1-10-6-11(2)14(12(3)7-10)8-15-13(9-17)4-5-16/h6-7,13,15-17H,4-5,8-9H2,1-3H3. The Hall–Kier alpha value is -0.900. The lowest BCUT2D eigenvalue weighted by Gasteiger charge is -2.18. The Labute approximate surface area is 103 Å². The summed E-state index contributed by atoms with van der Waals surface area (Å²) in [7, 11) is 0. The third-order valence-corrected chi connectivity index (χ3v) is 3.11. The van der Waals surface area contributed by atoms with Crippen molar-refractivity contribution in [3.63, 3.8) is 0 Å². The first-order chi connectivity index (χ1) is 8.08. The van der Waals surface area contributed by atoms with E-state index in [1.807, 2.05) is 0 Å². The normalized spacial score (nSPS) is 12.8. The van der Waals surface area contributed by atoms with Crippen molar-refractivity contribution in [2.45, 2.75) is 39.8 Å². The Morgan fingerprint density at radius 2 is 1.71 bits per heavy atom. The van der Waals surface area contributed by atoms with Crippen molar-refractivity contribution in [3.8, 4) is 0 Å². The first kappa shape index (κ1) is 14.2. The monoisotopic (exact) mass is 237 g/mol. The van der Waals surface area contributed by atoms with Crippen molar-refractivity contribution in [1.82, 2.24) is 5.32 Å². The van der Waals surface area contributed by atoms with Gasteiger partial charge in [0.15, 0.2) is 0 Å². The van der Waals surface area contributed by atoms with Crippen LogP contribution in [-0.2, 0) is 6.54 Å². The Kier molecular flexibility index (Phi) is 5.62. The highest BCUT2D eigenvalue weighted by molar-refractivity contribution is 5.37. The summed E-state index contributed by atoms with van der Waals surface area (Å²) in [4.78, 5) is 0. The summed E-state index contributed by atoms with van der Waals surface area (Å²) < 4.78 is 0. The Balaban J connectivity index is 2.68. The van der Waals surface area contributed by atoms with Gasteiger partial charge in [-0.3, -0.25) is 0 Å². The van der Waals surface area contributed by atoms with E-state index < -0.39 is 0 Å². The molecule has 96 valence electrons. The molecule has 1 rings (SSSR count). The quantitative estimate of drug-likeness (QED) is 0.702. The molecule has 0 heterocycles. The van der Waals surface area contributed by atoms with Gasteiger partial charge >= 0.3 is 0 Å². The second-order valence-corrected chi connectivity index (χ2v) is 4.65. The molecule has 1 unspecified atom stereocenters. The number of rotatable bonds is 6. The Bertz CT molecular complexity index is 340. The van der Waals surface area contributed by atoms with E-state index in [0.29, 0.717) is 6.42 Å². The van der Waals surface area contributed by atoms with Gasteiger partial charge in [-0.1, -0.05) is 17.7 Å². The van der Waals surface area contributed by atoms with Crippen molar-refractivity contribution in [1.29, 1.82) is 0 Å². The molecular formula is C14H23NO2. The number of aryl methyl sites for hydroxylation is 3. The fourth-order valence-corrected chi connectivity index (χ4v) is 2.15. The molecule has 0 radical (unpaired) electrons. The number of hydrogen-bond donors (Lipinski definition) is 3. The third kappa shape index (κ3) is 4.11. The van der Waals surface area contributed by atoms with Crippen LogP contribution < -0.4 is 5.32 Å². The van der Waals surface area contributed by atoms with Gasteiger partial charge in [-0.2, -0.15) is 0 Å². The lowest BCUT2D eigenvalue weighted by atomic mass is 9.99. The van der Waals surface area contributed by atoms with Crippen LogP contribution in [0.5, 0.6) is 0 Å². The van der Waals surface area contributed by atoms with E-state index >= 15 is 0 Å². The Morgan fingerprint density at radius 3 is 2.18 bits per heavy atom. The summed E-state index contributed by atoms with van der Waals surface area (Å²) >= 11 is 0. The van der Waals surface area contributed by atoms with Crippen LogP contribution in [0.4, 0.5) is 0 Å². The highest BCUT2D eigenvalue weighted by atomic mass is 16.3. The molecule has 17 heavy (non-hydrogen) atoms. The van der Waals surface area contributed by atoms with Crippen LogP contribution in [-0.4, -0.2) is 29.5 Å². The summed E-state index contributed by atoms with van der Waals surface area (Å²) in [6.07, 6.45) is 0.584. The van der Waals surface area contributed by atoms with Crippen LogP contribution in [0.1, 0.15) is 28.7 Å². The molecule has 0 aliphatic rings. The molecule has 1 aromatic rings. The minimum Gasteiger partial charge on any atom is -0.396 e.